The Morgan fingerprint density at radius 1 is 1.53 bits per heavy atom. The van der Waals surface area contributed by atoms with Gasteiger partial charge in [-0.2, -0.15) is 0 Å². The lowest BCUT2D eigenvalue weighted by Crippen LogP contribution is -2.11. The molecule has 0 aliphatic carbocycles. The molecular weight excluding hydrogens is 210 g/mol. The maximum atomic E-state index is 5.71. The SMILES string of the molecule is CC(c1ccccn1)n1c(N)n[nH]c1=S. The highest BCUT2D eigenvalue weighted by atomic mass is 32.1. The van der Waals surface area contributed by atoms with Gasteiger partial charge in [-0.3, -0.25) is 9.55 Å². The molecule has 2 rings (SSSR count). The smallest absolute Gasteiger partial charge is 0.221 e. The van der Waals surface area contributed by atoms with Crippen LogP contribution in [0.3, 0.4) is 0 Å². The third kappa shape index (κ3) is 1.75. The van der Waals surface area contributed by atoms with E-state index in [0.717, 1.165) is 5.69 Å². The quantitative estimate of drug-likeness (QED) is 0.754. The molecule has 0 aromatic carbocycles. The molecule has 0 amide bonds. The number of H-pyrrole nitrogens is 1. The van der Waals surface area contributed by atoms with Gasteiger partial charge in [-0.25, -0.2) is 5.10 Å². The molecule has 6 heteroatoms. The average molecular weight is 221 g/mol. The van der Waals surface area contributed by atoms with E-state index < -0.39 is 0 Å². The van der Waals surface area contributed by atoms with E-state index in [1.165, 1.54) is 0 Å². The number of rotatable bonds is 2. The van der Waals surface area contributed by atoms with Gasteiger partial charge < -0.3 is 5.73 Å². The predicted molar refractivity (Wildman–Crippen MR) is 59.9 cm³/mol. The van der Waals surface area contributed by atoms with Gasteiger partial charge in [-0.15, -0.1) is 5.10 Å². The van der Waals surface area contributed by atoms with Crippen LogP contribution in [0.15, 0.2) is 24.4 Å². The fraction of sp³-hybridized carbons (Fsp3) is 0.222. The van der Waals surface area contributed by atoms with E-state index in [4.69, 9.17) is 18.0 Å². The summed E-state index contributed by atoms with van der Waals surface area (Å²) in [5.74, 6) is 0.373. The highest BCUT2D eigenvalue weighted by molar-refractivity contribution is 7.71. The van der Waals surface area contributed by atoms with Gasteiger partial charge in [0.15, 0.2) is 4.77 Å². The highest BCUT2D eigenvalue weighted by Crippen LogP contribution is 2.17. The number of pyridine rings is 1. The summed E-state index contributed by atoms with van der Waals surface area (Å²) >= 11 is 5.09. The van der Waals surface area contributed by atoms with Crippen molar-refractivity contribution in [2.24, 2.45) is 0 Å². The Bertz CT molecular complexity index is 501. The number of aromatic nitrogens is 4. The fourth-order valence-electron chi connectivity index (χ4n) is 1.45. The largest absolute Gasteiger partial charge is 0.368 e. The monoisotopic (exact) mass is 221 g/mol. The van der Waals surface area contributed by atoms with Gasteiger partial charge in [-0.1, -0.05) is 6.07 Å². The molecule has 0 saturated carbocycles. The number of nitrogens with one attached hydrogen (secondary N) is 1. The lowest BCUT2D eigenvalue weighted by atomic mass is 10.2. The Kier molecular flexibility index (Phi) is 2.51. The van der Waals surface area contributed by atoms with Crippen LogP contribution in [0.5, 0.6) is 0 Å². The van der Waals surface area contributed by atoms with Crippen LogP contribution in [0.25, 0.3) is 0 Å². The second kappa shape index (κ2) is 3.82. The van der Waals surface area contributed by atoms with Crippen molar-refractivity contribution in [2.45, 2.75) is 13.0 Å². The summed E-state index contributed by atoms with van der Waals surface area (Å²) < 4.78 is 2.24. The second-order valence-corrected chi connectivity index (χ2v) is 3.57. The molecule has 1 atom stereocenters. The number of nitrogens with two attached hydrogens (primary N) is 1. The summed E-state index contributed by atoms with van der Waals surface area (Å²) in [6, 6.07) is 5.71. The molecular formula is C9H11N5S. The van der Waals surface area contributed by atoms with Gasteiger partial charge in [0.2, 0.25) is 5.95 Å². The number of nitrogen functional groups attached to an aromatic ring is 1. The number of nitrogens with zero attached hydrogens (tertiary/aromatic N) is 3. The van der Waals surface area contributed by atoms with Gasteiger partial charge in [0, 0.05) is 6.20 Å². The maximum Gasteiger partial charge on any atom is 0.221 e. The molecule has 2 heterocycles. The molecule has 0 aliphatic heterocycles. The standard InChI is InChI=1S/C9H11N5S/c1-6(7-4-2-3-5-11-7)14-8(10)12-13-9(14)15/h2-6H,1H3,(H2,10,12)(H,13,15). The summed E-state index contributed by atoms with van der Waals surface area (Å²) in [5, 5.41) is 6.51. The van der Waals surface area contributed by atoms with E-state index >= 15 is 0 Å². The lowest BCUT2D eigenvalue weighted by Gasteiger charge is -2.12. The van der Waals surface area contributed by atoms with Crippen LogP contribution in [0.1, 0.15) is 18.7 Å². The van der Waals surface area contributed by atoms with Crippen LogP contribution in [0.2, 0.25) is 0 Å². The zero-order valence-electron chi connectivity index (χ0n) is 8.21. The van der Waals surface area contributed by atoms with Crippen LogP contribution in [-0.2, 0) is 0 Å². The minimum Gasteiger partial charge on any atom is -0.368 e. The first-order valence-corrected chi connectivity index (χ1v) is 4.94. The van der Waals surface area contributed by atoms with Crippen LogP contribution < -0.4 is 5.73 Å². The molecule has 2 aromatic rings. The van der Waals surface area contributed by atoms with E-state index in [1.807, 2.05) is 25.1 Å². The first kappa shape index (κ1) is 9.85. The van der Waals surface area contributed by atoms with Crippen molar-refractivity contribution in [1.29, 1.82) is 0 Å². The molecule has 78 valence electrons. The third-order valence-corrected chi connectivity index (χ3v) is 2.52. The Morgan fingerprint density at radius 2 is 2.33 bits per heavy atom. The Hall–Kier alpha value is -1.69. The minimum absolute atomic E-state index is 0.0163. The first-order chi connectivity index (χ1) is 7.20. The number of anilines is 1. The van der Waals surface area contributed by atoms with Crippen LogP contribution in [0.4, 0.5) is 5.95 Å². The zero-order valence-corrected chi connectivity index (χ0v) is 9.03. The van der Waals surface area contributed by atoms with Crippen molar-refractivity contribution >= 4 is 18.2 Å². The molecule has 5 nitrogen and oxygen atoms in total. The van der Waals surface area contributed by atoms with Gasteiger partial charge in [-0.05, 0) is 31.3 Å². The number of hydrogen-bond donors (Lipinski definition) is 2. The van der Waals surface area contributed by atoms with E-state index in [9.17, 15) is 0 Å². The van der Waals surface area contributed by atoms with Crippen molar-refractivity contribution in [1.82, 2.24) is 19.7 Å². The van der Waals surface area contributed by atoms with Crippen molar-refractivity contribution in [2.75, 3.05) is 5.73 Å². The second-order valence-electron chi connectivity index (χ2n) is 3.19. The Labute approximate surface area is 92.0 Å². The third-order valence-electron chi connectivity index (χ3n) is 2.23. The van der Waals surface area contributed by atoms with Crippen LogP contribution >= 0.6 is 12.2 Å². The normalized spacial score (nSPS) is 12.6. The molecule has 3 N–H and O–H groups in total. The van der Waals surface area contributed by atoms with Crippen LogP contribution in [0, 0.1) is 4.77 Å². The van der Waals surface area contributed by atoms with E-state index in [-0.39, 0.29) is 6.04 Å². The lowest BCUT2D eigenvalue weighted by molar-refractivity contribution is 0.619. The molecule has 0 saturated heterocycles. The van der Waals surface area contributed by atoms with Crippen molar-refractivity contribution in [3.05, 3.63) is 34.9 Å². The topological polar surface area (TPSA) is 72.5 Å². The van der Waals surface area contributed by atoms with Gasteiger partial charge in [0.05, 0.1) is 11.7 Å². The van der Waals surface area contributed by atoms with E-state index in [2.05, 4.69) is 15.2 Å². The van der Waals surface area contributed by atoms with Crippen molar-refractivity contribution in [3.63, 3.8) is 0 Å². The first-order valence-electron chi connectivity index (χ1n) is 4.53. The summed E-state index contributed by atoms with van der Waals surface area (Å²) in [7, 11) is 0. The average Bonchev–Trinajstić information content (AvgIpc) is 2.59. The molecule has 15 heavy (non-hydrogen) atoms. The number of hydrogen-bond acceptors (Lipinski definition) is 4. The van der Waals surface area contributed by atoms with Crippen molar-refractivity contribution in [3.8, 4) is 0 Å². The predicted octanol–water partition coefficient (Wildman–Crippen LogP) is 1.53. The Balaban J connectivity index is 2.45. The summed E-state index contributed by atoms with van der Waals surface area (Å²) in [6.45, 7) is 1.98. The molecule has 1 unspecified atom stereocenters. The molecule has 0 radical (unpaired) electrons. The fourth-order valence-corrected chi connectivity index (χ4v) is 1.74. The summed E-state index contributed by atoms with van der Waals surface area (Å²) in [5.41, 5.74) is 6.61. The Morgan fingerprint density at radius 3 is 2.87 bits per heavy atom. The maximum absolute atomic E-state index is 5.71. The molecule has 2 aromatic heterocycles. The van der Waals surface area contributed by atoms with E-state index in [0.29, 0.717) is 10.7 Å². The van der Waals surface area contributed by atoms with E-state index in [1.54, 1.807) is 10.8 Å². The van der Waals surface area contributed by atoms with Gasteiger partial charge >= 0.3 is 0 Å². The van der Waals surface area contributed by atoms with Crippen molar-refractivity contribution < 1.29 is 0 Å². The zero-order chi connectivity index (χ0) is 10.8. The van der Waals surface area contributed by atoms with Gasteiger partial charge in [0.25, 0.3) is 0 Å². The summed E-state index contributed by atoms with van der Waals surface area (Å²) in [6.07, 6.45) is 1.74. The molecule has 0 aliphatic rings. The minimum atomic E-state index is -0.0163. The van der Waals surface area contributed by atoms with Crippen LogP contribution in [-0.4, -0.2) is 19.7 Å². The summed E-state index contributed by atoms with van der Waals surface area (Å²) in [4.78, 5) is 4.25. The highest BCUT2D eigenvalue weighted by Gasteiger charge is 2.13. The number of aromatic amines is 1. The van der Waals surface area contributed by atoms with Gasteiger partial charge in [0.1, 0.15) is 0 Å². The molecule has 0 spiro atoms. The molecule has 0 bridgehead atoms. The molecule has 0 fully saturated rings.